The van der Waals surface area contributed by atoms with Crippen molar-refractivity contribution >= 4 is 11.3 Å². The van der Waals surface area contributed by atoms with Crippen LogP contribution in [0.25, 0.3) is 0 Å². The molecule has 1 rings (SSSR count). The molecular formula is C15H27NOS. The second-order valence-electron chi connectivity index (χ2n) is 5.00. The third kappa shape index (κ3) is 5.09. The summed E-state index contributed by atoms with van der Waals surface area (Å²) in [7, 11) is 0. The van der Waals surface area contributed by atoms with Crippen LogP contribution in [0.1, 0.15) is 39.7 Å². The average molecular weight is 269 g/mol. The Hall–Kier alpha value is -0.380. The van der Waals surface area contributed by atoms with E-state index in [2.05, 4.69) is 49.8 Å². The van der Waals surface area contributed by atoms with Gasteiger partial charge in [0.05, 0.1) is 6.10 Å². The van der Waals surface area contributed by atoms with Crippen LogP contribution < -0.4 is 5.32 Å². The minimum Gasteiger partial charge on any atom is -0.377 e. The van der Waals surface area contributed by atoms with E-state index in [1.807, 2.05) is 0 Å². The van der Waals surface area contributed by atoms with Crippen LogP contribution in [0.2, 0.25) is 0 Å². The van der Waals surface area contributed by atoms with Crippen LogP contribution >= 0.6 is 11.3 Å². The summed E-state index contributed by atoms with van der Waals surface area (Å²) in [5, 5.41) is 7.99. The third-order valence-electron chi connectivity index (χ3n) is 3.20. The fourth-order valence-corrected chi connectivity index (χ4v) is 3.07. The van der Waals surface area contributed by atoms with E-state index >= 15 is 0 Å². The molecule has 18 heavy (non-hydrogen) atoms. The van der Waals surface area contributed by atoms with E-state index in [0.717, 1.165) is 26.0 Å². The van der Waals surface area contributed by atoms with E-state index in [-0.39, 0.29) is 0 Å². The minimum atomic E-state index is 0.314. The lowest BCUT2D eigenvalue weighted by Crippen LogP contribution is -2.44. The highest BCUT2D eigenvalue weighted by Gasteiger charge is 2.23. The summed E-state index contributed by atoms with van der Waals surface area (Å²) >= 11 is 1.78. The van der Waals surface area contributed by atoms with Crippen LogP contribution in [0.5, 0.6) is 0 Å². The molecule has 2 unspecified atom stereocenters. The monoisotopic (exact) mass is 269 g/mol. The Morgan fingerprint density at radius 2 is 2.11 bits per heavy atom. The second kappa shape index (κ2) is 8.68. The fourth-order valence-electron chi connectivity index (χ4n) is 2.37. The van der Waals surface area contributed by atoms with Gasteiger partial charge in [0.2, 0.25) is 0 Å². The molecule has 1 aromatic heterocycles. The summed E-state index contributed by atoms with van der Waals surface area (Å²) in [6.07, 6.45) is 2.60. The van der Waals surface area contributed by atoms with Gasteiger partial charge in [-0.05, 0) is 54.6 Å². The molecule has 0 spiro atoms. The lowest BCUT2D eigenvalue weighted by Gasteiger charge is -2.30. The van der Waals surface area contributed by atoms with Crippen LogP contribution in [0.4, 0.5) is 0 Å². The largest absolute Gasteiger partial charge is 0.377 e. The van der Waals surface area contributed by atoms with Crippen molar-refractivity contribution < 1.29 is 4.74 Å². The Labute approximate surface area is 116 Å². The lowest BCUT2D eigenvalue weighted by molar-refractivity contribution is 0.00195. The number of hydrogen-bond donors (Lipinski definition) is 1. The molecule has 0 aliphatic heterocycles. The first-order valence-corrected chi connectivity index (χ1v) is 7.99. The second-order valence-corrected chi connectivity index (χ2v) is 5.78. The Morgan fingerprint density at radius 3 is 2.61 bits per heavy atom. The molecule has 0 bridgehead atoms. The summed E-state index contributed by atoms with van der Waals surface area (Å²) in [6, 6.07) is 2.67. The van der Waals surface area contributed by atoms with Crippen LogP contribution in [0.15, 0.2) is 16.8 Å². The number of hydrogen-bond acceptors (Lipinski definition) is 3. The SMILES string of the molecule is CCNC(CCc1ccsc1)C(OCC)C(C)C. The van der Waals surface area contributed by atoms with Crippen LogP contribution in [0, 0.1) is 5.92 Å². The zero-order chi connectivity index (χ0) is 13.4. The Bertz CT molecular complexity index is 297. The molecule has 1 N–H and O–H groups in total. The number of likely N-dealkylation sites (N-methyl/N-ethyl adjacent to an activating group) is 1. The number of ether oxygens (including phenoxy) is 1. The normalized spacial score (nSPS) is 14.9. The Balaban J connectivity index is 2.55. The average Bonchev–Trinajstić information content (AvgIpc) is 2.84. The quantitative estimate of drug-likeness (QED) is 0.738. The molecule has 0 aliphatic carbocycles. The zero-order valence-electron chi connectivity index (χ0n) is 12.1. The van der Waals surface area contributed by atoms with Crippen molar-refractivity contribution in [2.24, 2.45) is 5.92 Å². The van der Waals surface area contributed by atoms with Gasteiger partial charge in [-0.15, -0.1) is 0 Å². The molecule has 0 fully saturated rings. The highest BCUT2D eigenvalue weighted by molar-refractivity contribution is 7.07. The van der Waals surface area contributed by atoms with Gasteiger partial charge in [0.15, 0.2) is 0 Å². The summed E-state index contributed by atoms with van der Waals surface area (Å²) in [5.41, 5.74) is 1.45. The van der Waals surface area contributed by atoms with Gasteiger partial charge in [-0.2, -0.15) is 11.3 Å². The molecule has 0 saturated heterocycles. The van der Waals surface area contributed by atoms with Gasteiger partial charge < -0.3 is 10.1 Å². The maximum absolute atomic E-state index is 5.93. The number of aryl methyl sites for hydroxylation is 1. The number of thiophene rings is 1. The van der Waals surface area contributed by atoms with Gasteiger partial charge in [-0.3, -0.25) is 0 Å². The predicted molar refractivity (Wildman–Crippen MR) is 80.4 cm³/mol. The standard InChI is InChI=1S/C15H27NOS/c1-5-16-14(15(12(3)4)17-6-2)8-7-13-9-10-18-11-13/h9-12,14-16H,5-8H2,1-4H3. The van der Waals surface area contributed by atoms with Gasteiger partial charge in [0, 0.05) is 12.6 Å². The van der Waals surface area contributed by atoms with Gasteiger partial charge >= 0.3 is 0 Å². The highest BCUT2D eigenvalue weighted by atomic mass is 32.1. The predicted octanol–water partition coefficient (Wildman–Crippen LogP) is 3.72. The summed E-state index contributed by atoms with van der Waals surface area (Å²) in [6.45, 7) is 10.5. The molecule has 0 aliphatic rings. The maximum atomic E-state index is 5.93. The van der Waals surface area contributed by atoms with Gasteiger partial charge in [-0.25, -0.2) is 0 Å². The zero-order valence-corrected chi connectivity index (χ0v) is 12.9. The topological polar surface area (TPSA) is 21.3 Å². The molecule has 2 nitrogen and oxygen atoms in total. The molecule has 0 saturated carbocycles. The summed E-state index contributed by atoms with van der Waals surface area (Å²) < 4.78 is 5.93. The van der Waals surface area contributed by atoms with Crippen molar-refractivity contribution in [3.8, 4) is 0 Å². The molecule has 1 aromatic rings. The van der Waals surface area contributed by atoms with Gasteiger partial charge in [0.1, 0.15) is 0 Å². The van der Waals surface area contributed by atoms with Gasteiger partial charge in [-0.1, -0.05) is 20.8 Å². The van der Waals surface area contributed by atoms with Crippen molar-refractivity contribution in [1.29, 1.82) is 0 Å². The van der Waals surface area contributed by atoms with E-state index in [1.165, 1.54) is 5.56 Å². The van der Waals surface area contributed by atoms with Crippen LogP contribution in [-0.2, 0) is 11.2 Å². The van der Waals surface area contributed by atoms with Crippen molar-refractivity contribution in [3.63, 3.8) is 0 Å². The molecular weight excluding hydrogens is 242 g/mol. The first-order valence-electron chi connectivity index (χ1n) is 7.05. The van der Waals surface area contributed by atoms with Crippen molar-refractivity contribution in [2.45, 2.75) is 52.7 Å². The van der Waals surface area contributed by atoms with E-state index in [1.54, 1.807) is 11.3 Å². The molecule has 3 heteroatoms. The molecule has 1 heterocycles. The lowest BCUT2D eigenvalue weighted by atomic mass is 9.94. The molecule has 104 valence electrons. The molecule has 2 atom stereocenters. The molecule has 0 amide bonds. The Kier molecular flexibility index (Phi) is 7.56. The smallest absolute Gasteiger partial charge is 0.0750 e. The van der Waals surface area contributed by atoms with Crippen molar-refractivity contribution in [3.05, 3.63) is 22.4 Å². The minimum absolute atomic E-state index is 0.314. The van der Waals surface area contributed by atoms with Crippen LogP contribution in [-0.4, -0.2) is 25.3 Å². The van der Waals surface area contributed by atoms with E-state index in [4.69, 9.17) is 4.74 Å². The first kappa shape index (κ1) is 15.7. The third-order valence-corrected chi connectivity index (χ3v) is 3.94. The maximum Gasteiger partial charge on any atom is 0.0750 e. The van der Waals surface area contributed by atoms with Crippen LogP contribution in [0.3, 0.4) is 0 Å². The van der Waals surface area contributed by atoms with Gasteiger partial charge in [0.25, 0.3) is 0 Å². The molecule has 0 aromatic carbocycles. The fraction of sp³-hybridized carbons (Fsp3) is 0.733. The number of nitrogens with one attached hydrogen (secondary N) is 1. The summed E-state index contributed by atoms with van der Waals surface area (Å²) in [5.74, 6) is 0.552. The van der Waals surface area contributed by atoms with Crippen molar-refractivity contribution in [1.82, 2.24) is 5.32 Å². The van der Waals surface area contributed by atoms with E-state index in [9.17, 15) is 0 Å². The molecule has 0 radical (unpaired) electrons. The summed E-state index contributed by atoms with van der Waals surface area (Å²) in [4.78, 5) is 0. The van der Waals surface area contributed by atoms with E-state index < -0.39 is 0 Å². The number of rotatable bonds is 9. The Morgan fingerprint density at radius 1 is 1.33 bits per heavy atom. The first-order chi connectivity index (χ1) is 8.69. The van der Waals surface area contributed by atoms with E-state index in [0.29, 0.717) is 18.1 Å². The highest BCUT2D eigenvalue weighted by Crippen LogP contribution is 2.17. The van der Waals surface area contributed by atoms with Crippen molar-refractivity contribution in [2.75, 3.05) is 13.2 Å².